The van der Waals surface area contributed by atoms with Gasteiger partial charge in [0.25, 0.3) is 0 Å². The van der Waals surface area contributed by atoms with E-state index >= 15 is 0 Å². The van der Waals surface area contributed by atoms with Crippen molar-refractivity contribution in [2.24, 2.45) is 0 Å². The Bertz CT molecular complexity index is 1020. The highest BCUT2D eigenvalue weighted by atomic mass is 35.5. The molecule has 8 heteroatoms. The van der Waals surface area contributed by atoms with Crippen LogP contribution in [-0.4, -0.2) is 59.0 Å². The fourth-order valence-electron chi connectivity index (χ4n) is 3.84. The lowest BCUT2D eigenvalue weighted by Crippen LogP contribution is -2.47. The second kappa shape index (κ2) is 9.29. The molecule has 3 aromatic rings. The number of benzene rings is 1. The predicted molar refractivity (Wildman–Crippen MR) is 122 cm³/mol. The van der Waals surface area contributed by atoms with E-state index < -0.39 is 0 Å². The summed E-state index contributed by atoms with van der Waals surface area (Å²) in [6.07, 6.45) is 4.09. The van der Waals surface area contributed by atoms with Crippen LogP contribution in [-0.2, 0) is 19.4 Å². The first-order valence-electron chi connectivity index (χ1n) is 10.2. The van der Waals surface area contributed by atoms with E-state index in [1.165, 1.54) is 16.8 Å². The Hall–Kier alpha value is -2.22. The molecule has 30 heavy (non-hydrogen) atoms. The fourth-order valence-corrected chi connectivity index (χ4v) is 5.41. The Kier molecular flexibility index (Phi) is 6.51. The first-order valence-corrected chi connectivity index (χ1v) is 11.4. The summed E-state index contributed by atoms with van der Waals surface area (Å²) in [5, 5.41) is 4.78. The molecule has 1 aliphatic rings. The van der Waals surface area contributed by atoms with E-state index in [1.807, 2.05) is 37.2 Å². The molecular weight excluding hydrogens is 418 g/mol. The standard InChI is InChI=1S/C22H26ClN5OS/c1-27(2)10-11-28(13-15-6-4-3-5-7-15)22(29)26-16-8-9-17-18(12-16)30-21-19(17)20(23)24-14-25-21/h3-7,14,16H,8-13H2,1-2H3,(H,26,29). The van der Waals surface area contributed by atoms with E-state index in [4.69, 9.17) is 11.6 Å². The van der Waals surface area contributed by atoms with Gasteiger partial charge in [0.05, 0.1) is 5.39 Å². The number of carbonyl (C=O) groups is 1. The molecule has 1 unspecified atom stereocenters. The fraction of sp³-hybridized carbons (Fsp3) is 0.409. The van der Waals surface area contributed by atoms with Gasteiger partial charge in [-0.2, -0.15) is 0 Å². The van der Waals surface area contributed by atoms with Gasteiger partial charge in [-0.05, 0) is 38.1 Å². The second-order valence-electron chi connectivity index (χ2n) is 7.95. The highest BCUT2D eigenvalue weighted by Gasteiger charge is 2.27. The predicted octanol–water partition coefficient (Wildman–Crippen LogP) is 3.98. The van der Waals surface area contributed by atoms with Crippen molar-refractivity contribution in [3.8, 4) is 0 Å². The highest BCUT2D eigenvalue weighted by molar-refractivity contribution is 7.19. The van der Waals surface area contributed by atoms with Crippen molar-refractivity contribution in [3.05, 3.63) is 57.8 Å². The number of halogens is 1. The molecule has 0 radical (unpaired) electrons. The van der Waals surface area contributed by atoms with E-state index in [1.54, 1.807) is 11.3 Å². The van der Waals surface area contributed by atoms with Crippen molar-refractivity contribution in [1.82, 2.24) is 25.1 Å². The lowest BCUT2D eigenvalue weighted by molar-refractivity contribution is 0.183. The molecule has 2 aromatic heterocycles. The number of urea groups is 1. The quantitative estimate of drug-likeness (QED) is 0.585. The number of carbonyl (C=O) groups excluding carboxylic acids is 1. The number of fused-ring (bicyclic) bond motifs is 3. The average Bonchev–Trinajstić information content (AvgIpc) is 3.10. The maximum Gasteiger partial charge on any atom is 0.317 e. The van der Waals surface area contributed by atoms with Crippen molar-refractivity contribution >= 4 is 39.2 Å². The Morgan fingerprint density at radius 1 is 1.23 bits per heavy atom. The minimum absolute atomic E-state index is 0.00640. The number of aryl methyl sites for hydroxylation is 1. The van der Waals surface area contributed by atoms with Gasteiger partial charge in [-0.15, -0.1) is 11.3 Å². The zero-order chi connectivity index (χ0) is 21.1. The number of likely N-dealkylation sites (N-methyl/N-ethyl adjacent to an activating group) is 1. The van der Waals surface area contributed by atoms with Crippen LogP contribution >= 0.6 is 22.9 Å². The van der Waals surface area contributed by atoms with Crippen LogP contribution in [0.2, 0.25) is 5.15 Å². The summed E-state index contributed by atoms with van der Waals surface area (Å²) in [6.45, 7) is 2.11. The number of hydrogen-bond donors (Lipinski definition) is 1. The van der Waals surface area contributed by atoms with Crippen molar-refractivity contribution in [2.75, 3.05) is 27.2 Å². The number of thiophene rings is 1. The molecule has 0 saturated heterocycles. The topological polar surface area (TPSA) is 61.4 Å². The van der Waals surface area contributed by atoms with Crippen molar-refractivity contribution in [3.63, 3.8) is 0 Å². The maximum atomic E-state index is 13.1. The van der Waals surface area contributed by atoms with Crippen molar-refractivity contribution < 1.29 is 4.79 Å². The van der Waals surface area contributed by atoms with E-state index in [-0.39, 0.29) is 12.1 Å². The summed E-state index contributed by atoms with van der Waals surface area (Å²) in [4.78, 5) is 27.8. The van der Waals surface area contributed by atoms with Crippen LogP contribution < -0.4 is 5.32 Å². The minimum Gasteiger partial charge on any atom is -0.335 e. The summed E-state index contributed by atoms with van der Waals surface area (Å²) in [6, 6.07) is 10.2. The number of hydrogen-bond acceptors (Lipinski definition) is 5. The van der Waals surface area contributed by atoms with Gasteiger partial charge in [0.1, 0.15) is 16.3 Å². The summed E-state index contributed by atoms with van der Waals surface area (Å²) in [5.41, 5.74) is 2.38. The molecule has 1 aromatic carbocycles. The van der Waals surface area contributed by atoms with E-state index in [2.05, 4.69) is 32.3 Å². The van der Waals surface area contributed by atoms with Crippen molar-refractivity contribution in [1.29, 1.82) is 0 Å². The smallest absolute Gasteiger partial charge is 0.317 e. The number of nitrogens with zero attached hydrogens (tertiary/aromatic N) is 4. The maximum absolute atomic E-state index is 13.1. The highest BCUT2D eigenvalue weighted by Crippen LogP contribution is 2.37. The first-order chi connectivity index (χ1) is 14.5. The molecule has 0 saturated carbocycles. The third-order valence-electron chi connectivity index (χ3n) is 5.45. The van der Waals surface area contributed by atoms with E-state index in [0.717, 1.165) is 41.6 Å². The SMILES string of the molecule is CN(C)CCN(Cc1ccccc1)C(=O)NC1CCc2c(sc3ncnc(Cl)c23)C1. The molecule has 2 heterocycles. The van der Waals surface area contributed by atoms with Gasteiger partial charge >= 0.3 is 6.03 Å². The van der Waals surface area contributed by atoms with Crippen LogP contribution in [0.15, 0.2) is 36.7 Å². The van der Waals surface area contributed by atoms with Crippen LogP contribution in [0.1, 0.15) is 22.4 Å². The van der Waals surface area contributed by atoms with Crippen LogP contribution in [0, 0.1) is 0 Å². The van der Waals surface area contributed by atoms with E-state index in [0.29, 0.717) is 18.2 Å². The summed E-state index contributed by atoms with van der Waals surface area (Å²) in [7, 11) is 4.05. The lowest BCUT2D eigenvalue weighted by Gasteiger charge is -2.29. The van der Waals surface area contributed by atoms with Gasteiger partial charge < -0.3 is 15.1 Å². The van der Waals surface area contributed by atoms with Crippen LogP contribution in [0.5, 0.6) is 0 Å². The number of nitrogens with one attached hydrogen (secondary N) is 1. The zero-order valence-electron chi connectivity index (χ0n) is 17.3. The zero-order valence-corrected chi connectivity index (χ0v) is 18.8. The van der Waals surface area contributed by atoms with Crippen LogP contribution in [0.4, 0.5) is 4.79 Å². The third kappa shape index (κ3) is 4.74. The van der Waals surface area contributed by atoms with Gasteiger partial charge in [0.15, 0.2) is 0 Å². The normalized spacial score (nSPS) is 15.9. The van der Waals surface area contributed by atoms with Gasteiger partial charge in [-0.3, -0.25) is 0 Å². The van der Waals surface area contributed by atoms with Gasteiger partial charge in [-0.1, -0.05) is 41.9 Å². The number of amides is 2. The Morgan fingerprint density at radius 3 is 2.80 bits per heavy atom. The largest absolute Gasteiger partial charge is 0.335 e. The Labute approximate surface area is 185 Å². The van der Waals surface area contributed by atoms with Crippen LogP contribution in [0.3, 0.4) is 0 Å². The monoisotopic (exact) mass is 443 g/mol. The second-order valence-corrected chi connectivity index (χ2v) is 9.39. The van der Waals surface area contributed by atoms with Gasteiger partial charge in [0.2, 0.25) is 0 Å². The molecule has 4 rings (SSSR count). The molecule has 158 valence electrons. The van der Waals surface area contributed by atoms with Gasteiger partial charge in [0, 0.05) is 37.0 Å². The molecule has 0 spiro atoms. The van der Waals surface area contributed by atoms with Crippen molar-refractivity contribution in [2.45, 2.75) is 31.8 Å². The Balaban J connectivity index is 1.46. The molecule has 6 nitrogen and oxygen atoms in total. The summed E-state index contributed by atoms with van der Waals surface area (Å²) >= 11 is 7.97. The molecule has 0 aliphatic heterocycles. The third-order valence-corrected chi connectivity index (χ3v) is 6.90. The molecular formula is C22H26ClN5OS. The average molecular weight is 444 g/mol. The van der Waals surface area contributed by atoms with E-state index in [9.17, 15) is 4.79 Å². The molecule has 2 amide bonds. The molecule has 0 bridgehead atoms. The molecule has 1 atom stereocenters. The molecule has 1 aliphatic carbocycles. The van der Waals surface area contributed by atoms with Gasteiger partial charge in [-0.25, -0.2) is 14.8 Å². The minimum atomic E-state index is -0.00640. The first kappa shape index (κ1) is 21.0. The lowest BCUT2D eigenvalue weighted by atomic mass is 9.93. The van der Waals surface area contributed by atoms with Crippen LogP contribution in [0.25, 0.3) is 10.2 Å². The number of aromatic nitrogens is 2. The summed E-state index contributed by atoms with van der Waals surface area (Å²) in [5.74, 6) is 0. The molecule has 1 N–H and O–H groups in total. The Morgan fingerprint density at radius 2 is 2.03 bits per heavy atom. The number of rotatable bonds is 6. The summed E-state index contributed by atoms with van der Waals surface area (Å²) < 4.78 is 0. The molecule has 0 fully saturated rings.